The Labute approximate surface area is 116 Å². The minimum absolute atomic E-state index is 0.0626. The zero-order chi connectivity index (χ0) is 14.3. The second-order valence-electron chi connectivity index (χ2n) is 5.01. The van der Waals surface area contributed by atoms with Crippen LogP contribution < -0.4 is 0 Å². The monoisotopic (exact) mass is 294 g/mol. The maximum Gasteiger partial charge on any atom is 0.337 e. The average molecular weight is 294 g/mol. The summed E-state index contributed by atoms with van der Waals surface area (Å²) in [7, 11) is -2.91. The summed E-state index contributed by atoms with van der Waals surface area (Å²) < 4.78 is 24.8. The maximum absolute atomic E-state index is 11.5. The van der Waals surface area contributed by atoms with Crippen LogP contribution in [0.3, 0.4) is 0 Å². The number of imidazole rings is 1. The third-order valence-electron chi connectivity index (χ3n) is 3.75. The molecule has 6 nitrogen and oxygen atoms in total. The lowest BCUT2D eigenvalue weighted by atomic mass is 10.1. The predicted molar refractivity (Wildman–Crippen MR) is 73.6 cm³/mol. The molecular weight excluding hydrogens is 280 g/mol. The SMILES string of the molecule is O=C(O)c1cccc2c1ncn2C1CCS(=O)(=O)CC1. The fraction of sp³-hybridized carbons (Fsp3) is 0.385. The Bertz CT molecular complexity index is 765. The van der Waals surface area contributed by atoms with Crippen molar-refractivity contribution in [1.29, 1.82) is 0 Å². The highest BCUT2D eigenvalue weighted by molar-refractivity contribution is 7.91. The number of hydrogen-bond acceptors (Lipinski definition) is 4. The number of aromatic carboxylic acids is 1. The number of carbonyl (C=O) groups is 1. The first kappa shape index (κ1) is 13.1. The van der Waals surface area contributed by atoms with Crippen LogP contribution in [0.4, 0.5) is 0 Å². The lowest BCUT2D eigenvalue weighted by molar-refractivity contribution is 0.0699. The molecule has 0 amide bonds. The van der Waals surface area contributed by atoms with Gasteiger partial charge in [0.25, 0.3) is 0 Å². The number of fused-ring (bicyclic) bond motifs is 1. The van der Waals surface area contributed by atoms with Gasteiger partial charge >= 0.3 is 5.97 Å². The Kier molecular flexibility index (Phi) is 3.01. The van der Waals surface area contributed by atoms with E-state index in [1.165, 1.54) is 6.07 Å². The molecule has 1 aromatic heterocycles. The summed E-state index contributed by atoms with van der Waals surface area (Å²) in [6, 6.07) is 5.09. The van der Waals surface area contributed by atoms with E-state index in [1.54, 1.807) is 12.4 Å². The van der Waals surface area contributed by atoms with Crippen molar-refractivity contribution in [2.45, 2.75) is 18.9 Å². The second kappa shape index (κ2) is 4.59. The Balaban J connectivity index is 2.02. The number of aromatic nitrogens is 2. The number of para-hydroxylation sites is 1. The molecule has 20 heavy (non-hydrogen) atoms. The van der Waals surface area contributed by atoms with Gasteiger partial charge in [-0.05, 0) is 25.0 Å². The van der Waals surface area contributed by atoms with Gasteiger partial charge in [0.2, 0.25) is 0 Å². The smallest absolute Gasteiger partial charge is 0.337 e. The first-order valence-corrected chi connectivity index (χ1v) is 8.19. The average Bonchev–Trinajstić information content (AvgIpc) is 2.82. The van der Waals surface area contributed by atoms with E-state index in [9.17, 15) is 13.2 Å². The number of carboxylic acid groups (broad SMARTS) is 1. The summed E-state index contributed by atoms with van der Waals surface area (Å²) in [6.45, 7) is 0. The van der Waals surface area contributed by atoms with Crippen molar-refractivity contribution in [2.24, 2.45) is 0 Å². The molecule has 0 aliphatic carbocycles. The molecule has 1 saturated heterocycles. The molecule has 0 spiro atoms. The summed E-state index contributed by atoms with van der Waals surface area (Å²) in [6.07, 6.45) is 2.70. The lowest BCUT2D eigenvalue weighted by Crippen LogP contribution is -2.25. The summed E-state index contributed by atoms with van der Waals surface area (Å²) in [4.78, 5) is 15.3. The van der Waals surface area contributed by atoms with Crippen molar-refractivity contribution >= 4 is 26.8 Å². The van der Waals surface area contributed by atoms with E-state index in [2.05, 4.69) is 4.98 Å². The molecule has 0 saturated carbocycles. The quantitative estimate of drug-likeness (QED) is 0.906. The number of carboxylic acids is 1. The van der Waals surface area contributed by atoms with Gasteiger partial charge in [-0.3, -0.25) is 0 Å². The van der Waals surface area contributed by atoms with Gasteiger partial charge in [0.1, 0.15) is 15.4 Å². The second-order valence-corrected chi connectivity index (χ2v) is 7.32. The normalized spacial score (nSPS) is 19.2. The van der Waals surface area contributed by atoms with Crippen LogP contribution in [0.1, 0.15) is 29.2 Å². The van der Waals surface area contributed by atoms with Gasteiger partial charge in [-0.1, -0.05) is 6.07 Å². The van der Waals surface area contributed by atoms with Crippen LogP contribution in [-0.2, 0) is 9.84 Å². The molecule has 1 aliphatic heterocycles. The molecule has 2 aromatic rings. The van der Waals surface area contributed by atoms with Crippen LogP contribution in [0.15, 0.2) is 24.5 Å². The van der Waals surface area contributed by atoms with Crippen molar-refractivity contribution in [1.82, 2.24) is 9.55 Å². The van der Waals surface area contributed by atoms with E-state index in [1.807, 2.05) is 10.6 Å². The van der Waals surface area contributed by atoms with Gasteiger partial charge in [0.05, 0.1) is 28.9 Å². The van der Waals surface area contributed by atoms with Crippen LogP contribution >= 0.6 is 0 Å². The molecule has 2 heterocycles. The number of hydrogen-bond donors (Lipinski definition) is 1. The Morgan fingerprint density at radius 3 is 2.65 bits per heavy atom. The lowest BCUT2D eigenvalue weighted by Gasteiger charge is -2.23. The van der Waals surface area contributed by atoms with Gasteiger partial charge in [-0.2, -0.15) is 0 Å². The van der Waals surface area contributed by atoms with Crippen LogP contribution in [0.5, 0.6) is 0 Å². The van der Waals surface area contributed by atoms with Crippen LogP contribution in [0.2, 0.25) is 0 Å². The van der Waals surface area contributed by atoms with Gasteiger partial charge in [-0.25, -0.2) is 18.2 Å². The van der Waals surface area contributed by atoms with Crippen molar-refractivity contribution in [3.8, 4) is 0 Å². The van der Waals surface area contributed by atoms with Crippen molar-refractivity contribution in [2.75, 3.05) is 11.5 Å². The Morgan fingerprint density at radius 1 is 1.30 bits per heavy atom. The molecule has 7 heteroatoms. The zero-order valence-electron chi connectivity index (χ0n) is 10.7. The van der Waals surface area contributed by atoms with Crippen molar-refractivity contribution in [3.63, 3.8) is 0 Å². The van der Waals surface area contributed by atoms with Gasteiger partial charge < -0.3 is 9.67 Å². The largest absolute Gasteiger partial charge is 0.478 e. The van der Waals surface area contributed by atoms with Crippen molar-refractivity contribution < 1.29 is 18.3 Å². The third-order valence-corrected chi connectivity index (χ3v) is 5.47. The van der Waals surface area contributed by atoms with Crippen molar-refractivity contribution in [3.05, 3.63) is 30.1 Å². The summed E-state index contributed by atoms with van der Waals surface area (Å²) in [5.74, 6) is -0.654. The number of rotatable bonds is 2. The fourth-order valence-corrected chi connectivity index (χ4v) is 4.14. The van der Waals surface area contributed by atoms with E-state index >= 15 is 0 Å². The van der Waals surface area contributed by atoms with Crippen LogP contribution in [0.25, 0.3) is 11.0 Å². The minimum atomic E-state index is -2.91. The molecule has 0 unspecified atom stereocenters. The summed E-state index contributed by atoms with van der Waals surface area (Å²) in [5.41, 5.74) is 1.37. The number of sulfone groups is 1. The molecule has 1 aromatic carbocycles. The molecule has 3 rings (SSSR count). The maximum atomic E-state index is 11.5. The number of nitrogens with zero attached hydrogens (tertiary/aromatic N) is 2. The highest BCUT2D eigenvalue weighted by Crippen LogP contribution is 2.28. The molecule has 1 N–H and O–H groups in total. The van der Waals surface area contributed by atoms with E-state index in [0.29, 0.717) is 18.4 Å². The van der Waals surface area contributed by atoms with Gasteiger partial charge in [0.15, 0.2) is 0 Å². The summed E-state index contributed by atoms with van der Waals surface area (Å²) >= 11 is 0. The molecule has 106 valence electrons. The standard InChI is InChI=1S/C13H14N2O4S/c16-13(17)10-2-1-3-11-12(10)14-8-15(11)9-4-6-20(18,19)7-5-9/h1-3,8-9H,4-7H2,(H,16,17). The van der Waals surface area contributed by atoms with Crippen LogP contribution in [0, 0.1) is 0 Å². The number of benzene rings is 1. The molecular formula is C13H14N2O4S. The van der Waals surface area contributed by atoms with Gasteiger partial charge in [-0.15, -0.1) is 0 Å². The first-order valence-electron chi connectivity index (χ1n) is 6.37. The molecule has 1 fully saturated rings. The highest BCUT2D eigenvalue weighted by Gasteiger charge is 2.26. The third kappa shape index (κ3) is 2.18. The van der Waals surface area contributed by atoms with E-state index in [-0.39, 0.29) is 23.1 Å². The Hall–Kier alpha value is -1.89. The van der Waals surface area contributed by atoms with E-state index < -0.39 is 15.8 Å². The first-order chi connectivity index (χ1) is 9.48. The zero-order valence-corrected chi connectivity index (χ0v) is 11.5. The molecule has 0 atom stereocenters. The fourth-order valence-electron chi connectivity index (χ4n) is 2.68. The Morgan fingerprint density at radius 2 is 2.00 bits per heavy atom. The van der Waals surface area contributed by atoms with Gasteiger partial charge in [0, 0.05) is 6.04 Å². The molecule has 0 radical (unpaired) electrons. The molecule has 1 aliphatic rings. The minimum Gasteiger partial charge on any atom is -0.478 e. The summed E-state index contributed by atoms with van der Waals surface area (Å²) in [5, 5.41) is 9.14. The topological polar surface area (TPSA) is 89.3 Å². The highest BCUT2D eigenvalue weighted by atomic mass is 32.2. The molecule has 0 bridgehead atoms. The van der Waals surface area contributed by atoms with E-state index in [0.717, 1.165) is 5.52 Å². The van der Waals surface area contributed by atoms with Crippen LogP contribution in [-0.4, -0.2) is 40.6 Å². The van der Waals surface area contributed by atoms with E-state index in [4.69, 9.17) is 5.11 Å². The predicted octanol–water partition coefficient (Wildman–Crippen LogP) is 1.48.